The van der Waals surface area contributed by atoms with Crippen LogP contribution in [0, 0.1) is 6.92 Å². The third-order valence-corrected chi connectivity index (χ3v) is 6.31. The Morgan fingerprint density at radius 3 is 2.86 bits per heavy atom. The molecule has 1 unspecified atom stereocenters. The normalized spacial score (nSPS) is 19.1. The molecule has 0 radical (unpaired) electrons. The summed E-state index contributed by atoms with van der Waals surface area (Å²) in [5.74, 6) is 0.876. The highest BCUT2D eigenvalue weighted by molar-refractivity contribution is 7.14. The van der Waals surface area contributed by atoms with E-state index in [0.717, 1.165) is 60.4 Å². The monoisotopic (exact) mass is 417 g/mol. The van der Waals surface area contributed by atoms with Gasteiger partial charge in [0.25, 0.3) is 0 Å². The molecule has 1 saturated heterocycles. The number of nitrogens with zero attached hydrogens (tertiary/aromatic N) is 2. The van der Waals surface area contributed by atoms with Gasteiger partial charge in [-0.1, -0.05) is 19.1 Å². The maximum Gasteiger partial charge on any atom is 0.161 e. The summed E-state index contributed by atoms with van der Waals surface area (Å²) in [5.41, 5.74) is 1.92. The predicted octanol–water partition coefficient (Wildman–Crippen LogP) is 4.61. The number of aryl methyl sites for hydroxylation is 1. The lowest BCUT2D eigenvalue weighted by Crippen LogP contribution is -2.27. The van der Waals surface area contributed by atoms with Crippen LogP contribution in [0.15, 0.2) is 30.1 Å². The van der Waals surface area contributed by atoms with Gasteiger partial charge >= 0.3 is 0 Å². The van der Waals surface area contributed by atoms with E-state index >= 15 is 0 Å². The summed E-state index contributed by atoms with van der Waals surface area (Å²) >= 11 is 1.44. The summed E-state index contributed by atoms with van der Waals surface area (Å²) in [4.78, 5) is 18.5. The summed E-state index contributed by atoms with van der Waals surface area (Å²) in [5, 5.41) is 4.10. The maximum absolute atomic E-state index is 10.9. The minimum Gasteiger partial charge on any atom is -0.494 e. The largest absolute Gasteiger partial charge is 0.494 e. The van der Waals surface area contributed by atoms with Crippen LogP contribution in [0.1, 0.15) is 59.4 Å². The molecule has 1 aliphatic carbocycles. The molecule has 0 bridgehead atoms. The molecule has 1 fully saturated rings. The van der Waals surface area contributed by atoms with Gasteiger partial charge in [-0.25, -0.2) is 4.98 Å². The standard InChI is InChI=1S/C15H17NO2S.C8H18N2/c1-3-9-18-13-6-4-5-12(7-8-13)15-16-11(2)14(10-17)19-15;1-9-6-5-8-4-3-7-10(8)2/h4,6-8,10H,3,5,9H2,1-2H3;8-9H,3-7H2,1-2H3. The average Bonchev–Trinajstić information content (AvgIpc) is 3.22. The van der Waals surface area contributed by atoms with Crippen molar-refractivity contribution in [3.8, 4) is 0 Å². The van der Waals surface area contributed by atoms with Gasteiger partial charge in [-0.15, -0.1) is 11.3 Å². The van der Waals surface area contributed by atoms with Crippen molar-refractivity contribution in [1.29, 1.82) is 0 Å². The zero-order valence-corrected chi connectivity index (χ0v) is 19.1. The Morgan fingerprint density at radius 1 is 1.41 bits per heavy atom. The lowest BCUT2D eigenvalue weighted by Gasteiger charge is -2.18. The van der Waals surface area contributed by atoms with E-state index in [4.69, 9.17) is 4.74 Å². The SMILES string of the molecule is CCCOC1=CC=C(c2nc(C)c(C=O)s2)CC=C1.CNCCC1CCCN1C. The lowest BCUT2D eigenvalue weighted by molar-refractivity contribution is 0.112. The van der Waals surface area contributed by atoms with Crippen LogP contribution in [0.3, 0.4) is 0 Å². The molecule has 5 nitrogen and oxygen atoms in total. The quantitative estimate of drug-likeness (QED) is 0.626. The number of rotatable bonds is 8. The second-order valence-electron chi connectivity index (χ2n) is 7.47. The number of ether oxygens (including phenoxy) is 1. The van der Waals surface area contributed by atoms with E-state index < -0.39 is 0 Å². The van der Waals surface area contributed by atoms with Crippen molar-refractivity contribution >= 4 is 23.2 Å². The third kappa shape index (κ3) is 7.53. The minimum absolute atomic E-state index is 0.704. The van der Waals surface area contributed by atoms with Crippen molar-refractivity contribution in [1.82, 2.24) is 15.2 Å². The number of likely N-dealkylation sites (tertiary alicyclic amines) is 1. The van der Waals surface area contributed by atoms with E-state index in [1.54, 1.807) is 0 Å². The molecule has 1 aromatic rings. The van der Waals surface area contributed by atoms with Crippen LogP contribution < -0.4 is 5.32 Å². The molecule has 0 saturated carbocycles. The Hall–Kier alpha value is -1.76. The van der Waals surface area contributed by atoms with Gasteiger partial charge in [-0.3, -0.25) is 4.79 Å². The second-order valence-corrected chi connectivity index (χ2v) is 8.50. The van der Waals surface area contributed by atoms with Crippen molar-refractivity contribution in [2.75, 3.05) is 33.8 Å². The molecule has 1 aromatic heterocycles. The zero-order valence-electron chi connectivity index (χ0n) is 18.2. The Labute approximate surface area is 179 Å². The number of allylic oxidation sites excluding steroid dienone is 5. The fourth-order valence-electron chi connectivity index (χ4n) is 3.39. The van der Waals surface area contributed by atoms with Crippen LogP contribution in [0.5, 0.6) is 0 Å². The van der Waals surface area contributed by atoms with Crippen LogP contribution >= 0.6 is 11.3 Å². The number of aromatic nitrogens is 1. The molecule has 1 atom stereocenters. The molecule has 0 amide bonds. The Balaban J connectivity index is 0.000000253. The fraction of sp³-hybridized carbons (Fsp3) is 0.565. The van der Waals surface area contributed by atoms with E-state index in [1.807, 2.05) is 32.2 Å². The van der Waals surface area contributed by atoms with E-state index in [0.29, 0.717) is 4.88 Å². The van der Waals surface area contributed by atoms with Gasteiger partial charge in [0.2, 0.25) is 0 Å². The van der Waals surface area contributed by atoms with E-state index in [9.17, 15) is 4.79 Å². The smallest absolute Gasteiger partial charge is 0.161 e. The molecule has 1 N–H and O–H groups in total. The van der Waals surface area contributed by atoms with Gasteiger partial charge in [-0.2, -0.15) is 0 Å². The molecule has 2 heterocycles. The summed E-state index contributed by atoms with van der Waals surface area (Å²) < 4.78 is 5.60. The number of carbonyl (C=O) groups is 1. The van der Waals surface area contributed by atoms with Crippen molar-refractivity contribution in [3.63, 3.8) is 0 Å². The van der Waals surface area contributed by atoms with E-state index in [2.05, 4.69) is 35.2 Å². The van der Waals surface area contributed by atoms with Crippen molar-refractivity contribution < 1.29 is 9.53 Å². The van der Waals surface area contributed by atoms with Crippen LogP contribution in [-0.4, -0.2) is 56.0 Å². The first-order chi connectivity index (χ1) is 14.1. The molecule has 0 spiro atoms. The fourth-order valence-corrected chi connectivity index (χ4v) is 4.31. The molecular formula is C23H35N3O2S. The van der Waals surface area contributed by atoms with Gasteiger partial charge in [0.05, 0.1) is 17.2 Å². The van der Waals surface area contributed by atoms with Crippen LogP contribution in [0.2, 0.25) is 0 Å². The Bertz CT molecular complexity index is 736. The highest BCUT2D eigenvalue weighted by Crippen LogP contribution is 2.27. The minimum atomic E-state index is 0.704. The Morgan fingerprint density at radius 2 is 2.24 bits per heavy atom. The van der Waals surface area contributed by atoms with Crippen LogP contribution in [0.4, 0.5) is 0 Å². The van der Waals surface area contributed by atoms with Crippen molar-refractivity contribution in [2.24, 2.45) is 0 Å². The number of carbonyl (C=O) groups excluding carboxylic acids is 1. The molecule has 6 heteroatoms. The third-order valence-electron chi connectivity index (χ3n) is 5.15. The second kappa shape index (κ2) is 12.7. The summed E-state index contributed by atoms with van der Waals surface area (Å²) in [6, 6.07) is 0.854. The molecule has 160 valence electrons. The summed E-state index contributed by atoms with van der Waals surface area (Å²) in [6.45, 7) is 7.14. The highest BCUT2D eigenvalue weighted by atomic mass is 32.1. The molecule has 2 aliphatic rings. The summed E-state index contributed by atoms with van der Waals surface area (Å²) in [6.07, 6.45) is 14.8. The highest BCUT2D eigenvalue weighted by Gasteiger charge is 2.19. The molecule has 0 aromatic carbocycles. The predicted molar refractivity (Wildman–Crippen MR) is 122 cm³/mol. The topological polar surface area (TPSA) is 54.5 Å². The number of aldehydes is 1. The molecule has 29 heavy (non-hydrogen) atoms. The number of hydrogen-bond donors (Lipinski definition) is 1. The van der Waals surface area contributed by atoms with Gasteiger partial charge < -0.3 is 15.0 Å². The Kier molecular flexibility index (Phi) is 10.3. The van der Waals surface area contributed by atoms with Gasteiger partial charge in [0.15, 0.2) is 6.29 Å². The molecule has 3 rings (SSSR count). The van der Waals surface area contributed by atoms with Gasteiger partial charge in [-0.05, 0) is 83.9 Å². The van der Waals surface area contributed by atoms with Gasteiger partial charge in [0, 0.05) is 6.04 Å². The first-order valence-electron chi connectivity index (χ1n) is 10.6. The van der Waals surface area contributed by atoms with E-state index in [1.165, 1.54) is 37.1 Å². The molecular weight excluding hydrogens is 382 g/mol. The number of hydrogen-bond acceptors (Lipinski definition) is 6. The first-order valence-corrected chi connectivity index (χ1v) is 11.4. The molecule has 1 aliphatic heterocycles. The number of nitrogens with one attached hydrogen (secondary N) is 1. The average molecular weight is 418 g/mol. The maximum atomic E-state index is 10.9. The van der Waals surface area contributed by atoms with Crippen molar-refractivity contribution in [2.45, 2.75) is 52.0 Å². The zero-order chi connectivity index (χ0) is 21.1. The van der Waals surface area contributed by atoms with Crippen LogP contribution in [-0.2, 0) is 4.74 Å². The lowest BCUT2D eigenvalue weighted by atomic mass is 10.1. The summed E-state index contributed by atoms with van der Waals surface area (Å²) in [7, 11) is 4.25. The first kappa shape index (κ1) is 23.5. The van der Waals surface area contributed by atoms with Gasteiger partial charge in [0.1, 0.15) is 10.8 Å². The number of thiazole rings is 1. The van der Waals surface area contributed by atoms with Crippen LogP contribution in [0.25, 0.3) is 5.57 Å². The van der Waals surface area contributed by atoms with E-state index in [-0.39, 0.29) is 0 Å². The van der Waals surface area contributed by atoms with Crippen molar-refractivity contribution in [3.05, 3.63) is 45.6 Å².